The average Bonchev–Trinajstić information content (AvgIpc) is 3.38. The highest BCUT2D eigenvalue weighted by Crippen LogP contribution is 2.43. The smallest absolute Gasteiger partial charge is 0.414 e. The number of aliphatic hydroxyl groups is 1. The number of hydrogen-bond donors (Lipinski definition) is 4. The summed E-state index contributed by atoms with van der Waals surface area (Å²) in [6.45, 7) is 7.21. The number of carbonyl (C=O) groups is 3. The van der Waals surface area contributed by atoms with Gasteiger partial charge < -0.3 is 25.9 Å². The van der Waals surface area contributed by atoms with Crippen LogP contribution in [0, 0.1) is 24.5 Å². The highest BCUT2D eigenvalue weighted by molar-refractivity contribution is 6.13. The zero-order valence-electron chi connectivity index (χ0n) is 26.5. The molecule has 0 saturated carbocycles. The highest BCUT2D eigenvalue weighted by Gasteiger charge is 2.34. The number of para-hydroxylation sites is 1. The Morgan fingerprint density at radius 1 is 1.13 bits per heavy atom. The van der Waals surface area contributed by atoms with Crippen molar-refractivity contribution in [3.05, 3.63) is 82.0 Å². The zero-order chi connectivity index (χ0) is 33.5. The van der Waals surface area contributed by atoms with Crippen LogP contribution in [0.5, 0.6) is 0 Å². The number of nitrogens with two attached hydrogens (primary N) is 1. The zero-order valence-corrected chi connectivity index (χ0v) is 26.5. The number of hydrogen-bond acceptors (Lipinski definition) is 5. The van der Waals surface area contributed by atoms with Gasteiger partial charge in [0.2, 0.25) is 0 Å². The van der Waals surface area contributed by atoms with Gasteiger partial charge in [-0.05, 0) is 93.3 Å². The normalized spacial score (nSPS) is 14.6. The summed E-state index contributed by atoms with van der Waals surface area (Å²) in [5.74, 6) is -2.94. The lowest BCUT2D eigenvalue weighted by molar-refractivity contribution is 0.0107. The van der Waals surface area contributed by atoms with Crippen molar-refractivity contribution >= 4 is 40.2 Å². The second-order valence-corrected chi connectivity index (χ2v) is 12.3. The van der Waals surface area contributed by atoms with Crippen molar-refractivity contribution in [1.82, 2.24) is 4.98 Å². The minimum atomic E-state index is -0.926. The quantitative estimate of drug-likeness (QED) is 0.173. The maximum absolute atomic E-state index is 16.1. The van der Waals surface area contributed by atoms with Crippen molar-refractivity contribution in [2.24, 2.45) is 11.7 Å². The number of carbonyl (C=O) groups excluding carboxylic acids is 3. The van der Waals surface area contributed by atoms with Gasteiger partial charge in [0.15, 0.2) is 0 Å². The Morgan fingerprint density at radius 2 is 1.85 bits per heavy atom. The molecule has 3 amide bonds. The number of amides is 3. The van der Waals surface area contributed by atoms with Gasteiger partial charge in [0, 0.05) is 29.4 Å². The molecule has 46 heavy (non-hydrogen) atoms. The molecule has 1 aliphatic carbocycles. The van der Waals surface area contributed by atoms with E-state index in [0.717, 1.165) is 28.3 Å². The molecule has 0 fully saturated rings. The Balaban J connectivity index is 1.58. The summed E-state index contributed by atoms with van der Waals surface area (Å²) in [5.41, 5.74) is 8.09. The molecule has 242 valence electrons. The number of fused-ring (bicyclic) bond motifs is 3. The second-order valence-electron chi connectivity index (χ2n) is 12.3. The van der Waals surface area contributed by atoms with Crippen LogP contribution >= 0.6 is 0 Å². The van der Waals surface area contributed by atoms with Crippen LogP contribution < -0.4 is 16.0 Å². The number of primary amides is 1. The number of benzene rings is 3. The molecule has 0 saturated heterocycles. The molecule has 0 radical (unpaired) electrons. The maximum atomic E-state index is 16.1. The number of aromatic nitrogens is 1. The number of halogens is 2. The first-order chi connectivity index (χ1) is 21.7. The van der Waals surface area contributed by atoms with Crippen LogP contribution in [0.3, 0.4) is 0 Å². The topological polar surface area (TPSA) is 138 Å². The van der Waals surface area contributed by atoms with Gasteiger partial charge in [0.05, 0.1) is 34.5 Å². The monoisotopic (exact) mass is 632 g/mol. The molecular weight excluding hydrogens is 594 g/mol. The molecule has 1 aromatic heterocycles. The largest absolute Gasteiger partial charge is 0.449 e. The van der Waals surface area contributed by atoms with Gasteiger partial charge in [-0.25, -0.2) is 13.6 Å². The fourth-order valence-corrected chi connectivity index (χ4v) is 6.29. The van der Waals surface area contributed by atoms with E-state index in [-0.39, 0.29) is 34.9 Å². The van der Waals surface area contributed by atoms with E-state index < -0.39 is 35.1 Å². The van der Waals surface area contributed by atoms with Crippen LogP contribution in [0.2, 0.25) is 0 Å². The van der Waals surface area contributed by atoms with Crippen molar-refractivity contribution < 1.29 is 33.0 Å². The van der Waals surface area contributed by atoms with Gasteiger partial charge >= 0.3 is 6.09 Å². The Morgan fingerprint density at radius 3 is 2.52 bits per heavy atom. The summed E-state index contributed by atoms with van der Waals surface area (Å²) in [6, 6.07) is 10.1. The third-order valence-electron chi connectivity index (χ3n) is 8.80. The Hall–Kier alpha value is -4.77. The van der Waals surface area contributed by atoms with Crippen LogP contribution in [0.15, 0.2) is 42.5 Å². The number of aryl methyl sites for hydroxylation is 1. The number of ether oxygens (including phenoxy) is 1. The van der Waals surface area contributed by atoms with E-state index in [1.165, 1.54) is 19.2 Å². The van der Waals surface area contributed by atoms with Crippen LogP contribution in [-0.4, -0.2) is 47.3 Å². The standard InChI is InChI=1S/C35H38F2N4O5/c1-6-15-46-34(44)41(5)31-22(10-7-11-24(31)36)33(43)40-26-12-8-9-20(18(26)2)28-25(37)17-23(32(38)42)30-29(28)21-14-13-19(35(3,4)45)16-27(21)39-30/h7-12,17,19,39,45H,6,13-16H2,1-5H3,(H2,38,42)(H,40,43). The molecule has 9 nitrogen and oxygen atoms in total. The van der Waals surface area contributed by atoms with Crippen LogP contribution in [0.4, 0.5) is 25.0 Å². The number of aromatic amines is 1. The van der Waals surface area contributed by atoms with Gasteiger partial charge in [-0.1, -0.05) is 25.1 Å². The van der Waals surface area contributed by atoms with Crippen molar-refractivity contribution in [2.75, 3.05) is 23.9 Å². The van der Waals surface area contributed by atoms with Gasteiger partial charge in [-0.2, -0.15) is 0 Å². The molecule has 11 heteroatoms. The number of anilines is 2. The molecule has 0 bridgehead atoms. The molecule has 5 rings (SSSR count). The van der Waals surface area contributed by atoms with E-state index in [1.54, 1.807) is 39.0 Å². The molecular formula is C35H38F2N4O5. The minimum Gasteiger partial charge on any atom is -0.449 e. The Labute approximate surface area is 265 Å². The van der Waals surface area contributed by atoms with Gasteiger partial charge in [-0.15, -0.1) is 0 Å². The average molecular weight is 633 g/mol. The lowest BCUT2D eigenvalue weighted by atomic mass is 9.77. The van der Waals surface area contributed by atoms with Crippen LogP contribution in [-0.2, 0) is 17.6 Å². The van der Waals surface area contributed by atoms with Gasteiger partial charge in [-0.3, -0.25) is 14.5 Å². The minimum absolute atomic E-state index is 0.0211. The predicted molar refractivity (Wildman–Crippen MR) is 173 cm³/mol. The summed E-state index contributed by atoms with van der Waals surface area (Å²) in [4.78, 5) is 42.8. The predicted octanol–water partition coefficient (Wildman–Crippen LogP) is 6.63. The van der Waals surface area contributed by atoms with Gasteiger partial charge in [0.25, 0.3) is 11.8 Å². The van der Waals surface area contributed by atoms with E-state index in [1.807, 2.05) is 6.92 Å². The maximum Gasteiger partial charge on any atom is 0.414 e. The number of H-pyrrole nitrogens is 1. The lowest BCUT2D eigenvalue weighted by Gasteiger charge is -2.32. The summed E-state index contributed by atoms with van der Waals surface area (Å²) in [7, 11) is 1.32. The summed E-state index contributed by atoms with van der Waals surface area (Å²) in [5, 5.41) is 14.0. The Kier molecular flexibility index (Phi) is 8.90. The van der Waals surface area contributed by atoms with E-state index >= 15 is 8.78 Å². The fraction of sp³-hybridized carbons (Fsp3) is 0.343. The first-order valence-electron chi connectivity index (χ1n) is 15.2. The van der Waals surface area contributed by atoms with E-state index in [4.69, 9.17) is 10.5 Å². The summed E-state index contributed by atoms with van der Waals surface area (Å²) >= 11 is 0. The molecule has 1 unspecified atom stereocenters. The van der Waals surface area contributed by atoms with E-state index in [0.29, 0.717) is 53.4 Å². The number of nitrogens with zero attached hydrogens (tertiary/aromatic N) is 1. The fourth-order valence-electron chi connectivity index (χ4n) is 6.29. The van der Waals surface area contributed by atoms with Crippen molar-refractivity contribution in [3.8, 4) is 11.1 Å². The molecule has 0 aliphatic heterocycles. The molecule has 3 aromatic carbocycles. The first-order valence-corrected chi connectivity index (χ1v) is 15.2. The molecule has 1 aliphatic rings. The van der Waals surface area contributed by atoms with Crippen LogP contribution in [0.1, 0.15) is 71.1 Å². The molecule has 1 heterocycles. The molecule has 1 atom stereocenters. The number of rotatable bonds is 8. The summed E-state index contributed by atoms with van der Waals surface area (Å²) < 4.78 is 36.2. The molecule has 5 N–H and O–H groups in total. The SMILES string of the molecule is CCCOC(=O)N(C)c1c(F)cccc1C(=O)Nc1cccc(-c2c(F)cc(C(N)=O)c3[nH]c4c(c23)CCC(C(C)(C)O)C4)c1C. The second kappa shape index (κ2) is 12.6. The third kappa shape index (κ3) is 5.94. The number of nitrogens with one attached hydrogen (secondary N) is 2. The molecule has 4 aromatic rings. The lowest BCUT2D eigenvalue weighted by Crippen LogP contribution is -2.34. The Bertz CT molecular complexity index is 1860. The summed E-state index contributed by atoms with van der Waals surface area (Å²) in [6.07, 6.45) is 1.49. The van der Waals surface area contributed by atoms with Crippen molar-refractivity contribution in [3.63, 3.8) is 0 Å². The van der Waals surface area contributed by atoms with Crippen LogP contribution in [0.25, 0.3) is 22.0 Å². The third-order valence-corrected chi connectivity index (χ3v) is 8.80. The van der Waals surface area contributed by atoms with Crippen molar-refractivity contribution in [2.45, 2.75) is 59.0 Å². The first kappa shape index (κ1) is 32.6. The van der Waals surface area contributed by atoms with E-state index in [2.05, 4.69) is 10.3 Å². The van der Waals surface area contributed by atoms with Crippen molar-refractivity contribution in [1.29, 1.82) is 0 Å². The molecule has 0 spiro atoms. The highest BCUT2D eigenvalue weighted by atomic mass is 19.1. The van der Waals surface area contributed by atoms with Gasteiger partial charge in [0.1, 0.15) is 11.6 Å². The van der Waals surface area contributed by atoms with E-state index in [9.17, 15) is 19.5 Å².